The SMILES string of the molecule is O=C(Nc1c(Br)cc(Br)cc1Br)N1CCNCC12CCNCC2. The highest BCUT2D eigenvalue weighted by molar-refractivity contribution is 9.11. The molecule has 126 valence electrons. The van der Waals surface area contributed by atoms with E-state index < -0.39 is 0 Å². The van der Waals surface area contributed by atoms with Crippen molar-refractivity contribution in [1.82, 2.24) is 15.5 Å². The normalized spacial score (nSPS) is 20.6. The fraction of sp³-hybridized carbons (Fsp3) is 0.533. The molecule has 3 rings (SSSR count). The maximum atomic E-state index is 12.9. The predicted molar refractivity (Wildman–Crippen MR) is 103 cm³/mol. The van der Waals surface area contributed by atoms with Crippen molar-refractivity contribution in [2.45, 2.75) is 18.4 Å². The minimum Gasteiger partial charge on any atom is -0.317 e. The minimum atomic E-state index is -0.0814. The maximum absolute atomic E-state index is 12.9. The van der Waals surface area contributed by atoms with E-state index in [1.165, 1.54) is 0 Å². The van der Waals surface area contributed by atoms with E-state index in [2.05, 4.69) is 63.7 Å². The summed E-state index contributed by atoms with van der Waals surface area (Å²) < 4.78 is 2.65. The van der Waals surface area contributed by atoms with Crippen molar-refractivity contribution in [3.05, 3.63) is 25.6 Å². The molecule has 0 saturated carbocycles. The van der Waals surface area contributed by atoms with Gasteiger partial charge in [0.05, 0.1) is 11.2 Å². The second-order valence-electron chi connectivity index (χ2n) is 5.98. The number of anilines is 1. The average molecular weight is 511 g/mol. The van der Waals surface area contributed by atoms with Crippen molar-refractivity contribution in [2.75, 3.05) is 38.0 Å². The molecule has 23 heavy (non-hydrogen) atoms. The third-order valence-corrected chi connectivity index (χ3v) is 6.27. The molecule has 0 unspecified atom stereocenters. The van der Waals surface area contributed by atoms with Crippen LogP contribution in [-0.2, 0) is 0 Å². The molecule has 8 heteroatoms. The summed E-state index contributed by atoms with van der Waals surface area (Å²) >= 11 is 10.5. The monoisotopic (exact) mass is 508 g/mol. The highest BCUT2D eigenvalue weighted by Crippen LogP contribution is 2.35. The first-order valence-corrected chi connectivity index (χ1v) is 10.0. The maximum Gasteiger partial charge on any atom is 0.322 e. The first-order chi connectivity index (χ1) is 11.0. The van der Waals surface area contributed by atoms with Crippen LogP contribution in [0.4, 0.5) is 10.5 Å². The number of urea groups is 1. The third-order valence-electron chi connectivity index (χ3n) is 4.56. The summed E-state index contributed by atoms with van der Waals surface area (Å²) in [6.45, 7) is 4.35. The Balaban J connectivity index is 1.81. The standard InChI is InChI=1S/C15H19Br3N4O/c16-10-7-11(17)13(12(18)8-10)21-14(23)22-6-5-20-9-15(22)1-3-19-4-2-15/h7-8,19-20H,1-6,9H2,(H,21,23). The van der Waals surface area contributed by atoms with E-state index in [-0.39, 0.29) is 11.6 Å². The van der Waals surface area contributed by atoms with Crippen molar-refractivity contribution >= 4 is 59.5 Å². The molecule has 2 amide bonds. The van der Waals surface area contributed by atoms with Crippen LogP contribution >= 0.6 is 47.8 Å². The van der Waals surface area contributed by atoms with Crippen molar-refractivity contribution in [1.29, 1.82) is 0 Å². The van der Waals surface area contributed by atoms with Crippen molar-refractivity contribution < 1.29 is 4.79 Å². The Bertz CT molecular complexity index is 573. The number of hydrogen-bond donors (Lipinski definition) is 3. The predicted octanol–water partition coefficient (Wildman–Crippen LogP) is 3.53. The van der Waals surface area contributed by atoms with Gasteiger partial charge in [-0.05, 0) is 69.9 Å². The number of amides is 2. The van der Waals surface area contributed by atoms with Gasteiger partial charge in [0.1, 0.15) is 0 Å². The van der Waals surface area contributed by atoms with E-state index >= 15 is 0 Å². The van der Waals surface area contributed by atoms with Crippen LogP contribution in [0.25, 0.3) is 0 Å². The second-order valence-corrected chi connectivity index (χ2v) is 8.60. The zero-order valence-electron chi connectivity index (χ0n) is 12.6. The molecule has 1 aromatic rings. The molecule has 2 saturated heterocycles. The molecule has 0 bridgehead atoms. The van der Waals surface area contributed by atoms with Gasteiger partial charge in [-0.1, -0.05) is 15.9 Å². The molecule has 1 spiro atoms. The molecule has 0 aromatic heterocycles. The van der Waals surface area contributed by atoms with E-state index in [0.717, 1.165) is 64.7 Å². The Kier molecular flexibility index (Phi) is 5.68. The highest BCUT2D eigenvalue weighted by Gasteiger charge is 2.42. The van der Waals surface area contributed by atoms with Crippen LogP contribution in [0.1, 0.15) is 12.8 Å². The molecule has 2 aliphatic heterocycles. The summed E-state index contributed by atoms with van der Waals surface area (Å²) in [7, 11) is 0. The largest absolute Gasteiger partial charge is 0.322 e. The molecule has 1 aromatic carbocycles. The van der Waals surface area contributed by atoms with Crippen LogP contribution in [0, 0.1) is 0 Å². The fourth-order valence-corrected chi connectivity index (χ4v) is 5.79. The van der Waals surface area contributed by atoms with Gasteiger partial charge >= 0.3 is 6.03 Å². The molecular weight excluding hydrogens is 492 g/mol. The summed E-state index contributed by atoms with van der Waals surface area (Å²) in [6.07, 6.45) is 1.96. The number of rotatable bonds is 1. The van der Waals surface area contributed by atoms with Gasteiger partial charge in [0, 0.05) is 33.1 Å². The summed E-state index contributed by atoms with van der Waals surface area (Å²) in [6, 6.07) is 3.83. The first-order valence-electron chi connectivity index (χ1n) is 7.66. The van der Waals surface area contributed by atoms with E-state index in [9.17, 15) is 4.79 Å². The smallest absolute Gasteiger partial charge is 0.317 e. The highest BCUT2D eigenvalue weighted by atomic mass is 79.9. The van der Waals surface area contributed by atoms with Gasteiger partial charge < -0.3 is 20.9 Å². The molecule has 0 aliphatic carbocycles. The van der Waals surface area contributed by atoms with Crippen LogP contribution in [0.5, 0.6) is 0 Å². The number of piperazine rings is 1. The first kappa shape index (κ1) is 17.7. The third kappa shape index (κ3) is 3.76. The van der Waals surface area contributed by atoms with Gasteiger partial charge in [0.25, 0.3) is 0 Å². The number of piperidine rings is 1. The Hall–Kier alpha value is -0.150. The van der Waals surface area contributed by atoms with Gasteiger partial charge in [-0.15, -0.1) is 0 Å². The van der Waals surface area contributed by atoms with Gasteiger partial charge in [0.15, 0.2) is 0 Å². The number of nitrogens with one attached hydrogen (secondary N) is 3. The zero-order chi connectivity index (χ0) is 16.4. The van der Waals surface area contributed by atoms with Crippen molar-refractivity contribution in [3.63, 3.8) is 0 Å². The average Bonchev–Trinajstić information content (AvgIpc) is 2.52. The number of hydrogen-bond acceptors (Lipinski definition) is 3. The van der Waals surface area contributed by atoms with Crippen LogP contribution < -0.4 is 16.0 Å². The second kappa shape index (κ2) is 7.39. The number of halogens is 3. The lowest BCUT2D eigenvalue weighted by atomic mass is 9.85. The summed E-state index contributed by atoms with van der Waals surface area (Å²) in [4.78, 5) is 15.0. The Morgan fingerprint density at radius 3 is 2.39 bits per heavy atom. The topological polar surface area (TPSA) is 56.4 Å². The lowest BCUT2D eigenvalue weighted by Crippen LogP contribution is -2.66. The summed E-state index contributed by atoms with van der Waals surface area (Å²) in [5.74, 6) is 0. The molecule has 0 atom stereocenters. The Morgan fingerprint density at radius 2 is 1.74 bits per heavy atom. The number of nitrogens with zero attached hydrogens (tertiary/aromatic N) is 1. The molecule has 5 nitrogen and oxygen atoms in total. The fourth-order valence-electron chi connectivity index (χ4n) is 3.34. The number of carbonyl (C=O) groups excluding carboxylic acids is 1. The molecular formula is C15H19Br3N4O. The summed E-state index contributed by atoms with van der Waals surface area (Å²) in [5, 5.41) is 9.90. The van der Waals surface area contributed by atoms with Gasteiger partial charge in [0.2, 0.25) is 0 Å². The molecule has 2 aliphatic rings. The lowest BCUT2D eigenvalue weighted by Gasteiger charge is -2.49. The van der Waals surface area contributed by atoms with Gasteiger partial charge in [-0.2, -0.15) is 0 Å². The summed E-state index contributed by atoms with van der Waals surface area (Å²) in [5.41, 5.74) is 0.683. The molecule has 3 N–H and O–H groups in total. The van der Waals surface area contributed by atoms with Crippen molar-refractivity contribution in [3.8, 4) is 0 Å². The number of carbonyl (C=O) groups is 1. The van der Waals surface area contributed by atoms with E-state index in [1.54, 1.807) is 0 Å². The Labute approximate surface area is 161 Å². The lowest BCUT2D eigenvalue weighted by molar-refractivity contribution is 0.0690. The van der Waals surface area contributed by atoms with Crippen LogP contribution in [0.3, 0.4) is 0 Å². The minimum absolute atomic E-state index is 0.0304. The quantitative estimate of drug-likeness (QED) is 0.542. The van der Waals surface area contributed by atoms with Crippen LogP contribution in [0.15, 0.2) is 25.6 Å². The van der Waals surface area contributed by atoms with Crippen molar-refractivity contribution in [2.24, 2.45) is 0 Å². The van der Waals surface area contributed by atoms with E-state index in [1.807, 2.05) is 17.0 Å². The molecule has 0 radical (unpaired) electrons. The molecule has 2 heterocycles. The zero-order valence-corrected chi connectivity index (χ0v) is 17.4. The van der Waals surface area contributed by atoms with Crippen LogP contribution in [-0.4, -0.2) is 49.2 Å². The van der Waals surface area contributed by atoms with E-state index in [0.29, 0.717) is 0 Å². The van der Waals surface area contributed by atoms with Crippen LogP contribution in [0.2, 0.25) is 0 Å². The van der Waals surface area contributed by atoms with E-state index in [4.69, 9.17) is 0 Å². The Morgan fingerprint density at radius 1 is 1.09 bits per heavy atom. The van der Waals surface area contributed by atoms with Gasteiger partial charge in [-0.25, -0.2) is 4.79 Å². The number of benzene rings is 1. The molecule has 2 fully saturated rings. The van der Waals surface area contributed by atoms with Gasteiger partial charge in [-0.3, -0.25) is 0 Å².